The van der Waals surface area contributed by atoms with Gasteiger partial charge >= 0.3 is 6.09 Å². The van der Waals surface area contributed by atoms with Gasteiger partial charge in [-0.2, -0.15) is 0 Å². The number of carbonyl (C=O) groups excluding carboxylic acids is 1. The second-order valence-electron chi connectivity index (χ2n) is 3.82. The van der Waals surface area contributed by atoms with Crippen LogP contribution in [-0.2, 0) is 4.74 Å². The third kappa shape index (κ3) is 2.35. The number of ether oxygens (including phenoxy) is 1. The first-order chi connectivity index (χ1) is 7.81. The second kappa shape index (κ2) is 5.01. The van der Waals surface area contributed by atoms with E-state index in [-0.39, 0.29) is 12.3 Å². The molecule has 0 radical (unpaired) electrons. The minimum atomic E-state index is -0.275. The van der Waals surface area contributed by atoms with Gasteiger partial charge in [-0.1, -0.05) is 0 Å². The Bertz CT molecular complexity index is 314. The monoisotopic (exact) mass is 223 g/mol. The summed E-state index contributed by atoms with van der Waals surface area (Å²) in [5.74, 6) is 0. The molecule has 0 spiro atoms. The number of fused-ring (bicyclic) bond motifs is 1. The van der Waals surface area contributed by atoms with Crippen LogP contribution in [-0.4, -0.2) is 48.0 Å². The molecule has 5 heteroatoms. The fourth-order valence-corrected chi connectivity index (χ4v) is 1.91. The lowest BCUT2D eigenvalue weighted by atomic mass is 10.2. The standard InChI is InChI=1S/C11H17N3O2/c1-2-16-11(15)14-7-4-10-12-5-3-6-13(10)8-9-14/h5,8-10H,2-4,6-7H2,1H3. The molecule has 0 saturated carbocycles. The molecule has 2 aliphatic heterocycles. The number of aliphatic imine (C=N–C) groups is 1. The van der Waals surface area contributed by atoms with Crippen molar-refractivity contribution in [2.24, 2.45) is 4.99 Å². The molecule has 2 heterocycles. The number of amides is 1. The van der Waals surface area contributed by atoms with Crippen molar-refractivity contribution in [2.75, 3.05) is 19.7 Å². The van der Waals surface area contributed by atoms with E-state index in [1.54, 1.807) is 11.1 Å². The fourth-order valence-electron chi connectivity index (χ4n) is 1.91. The van der Waals surface area contributed by atoms with Crippen molar-refractivity contribution in [1.82, 2.24) is 9.80 Å². The molecule has 0 N–H and O–H groups in total. The van der Waals surface area contributed by atoms with E-state index >= 15 is 0 Å². The topological polar surface area (TPSA) is 45.1 Å². The Morgan fingerprint density at radius 3 is 3.19 bits per heavy atom. The maximum absolute atomic E-state index is 11.6. The molecule has 0 fully saturated rings. The summed E-state index contributed by atoms with van der Waals surface area (Å²) in [6.45, 7) is 3.86. The number of nitrogens with zero attached hydrogens (tertiary/aromatic N) is 3. The average Bonchev–Trinajstić information content (AvgIpc) is 2.51. The van der Waals surface area contributed by atoms with E-state index in [0.717, 1.165) is 19.4 Å². The highest BCUT2D eigenvalue weighted by Gasteiger charge is 2.22. The van der Waals surface area contributed by atoms with Gasteiger partial charge in [-0.15, -0.1) is 0 Å². The van der Waals surface area contributed by atoms with Crippen molar-refractivity contribution in [1.29, 1.82) is 0 Å². The van der Waals surface area contributed by atoms with Crippen LogP contribution < -0.4 is 0 Å². The quantitative estimate of drug-likeness (QED) is 0.675. The van der Waals surface area contributed by atoms with Gasteiger partial charge in [0.15, 0.2) is 0 Å². The number of carbonyl (C=O) groups is 1. The van der Waals surface area contributed by atoms with E-state index in [1.165, 1.54) is 0 Å². The predicted octanol–water partition coefficient (Wildman–Crippen LogP) is 1.42. The van der Waals surface area contributed by atoms with Crippen molar-refractivity contribution < 1.29 is 9.53 Å². The Labute approximate surface area is 95.4 Å². The van der Waals surface area contributed by atoms with Gasteiger partial charge in [-0.25, -0.2) is 4.79 Å². The highest BCUT2D eigenvalue weighted by atomic mass is 16.6. The Hall–Kier alpha value is -1.52. The molecule has 2 aliphatic rings. The first-order valence-corrected chi connectivity index (χ1v) is 5.70. The molecule has 5 nitrogen and oxygen atoms in total. The molecule has 1 unspecified atom stereocenters. The summed E-state index contributed by atoms with van der Waals surface area (Å²) < 4.78 is 4.97. The summed E-state index contributed by atoms with van der Waals surface area (Å²) in [5, 5.41) is 0. The summed E-state index contributed by atoms with van der Waals surface area (Å²) in [5.41, 5.74) is 0. The molecule has 2 rings (SSSR count). The Balaban J connectivity index is 2.01. The highest BCUT2D eigenvalue weighted by molar-refractivity contribution is 5.68. The van der Waals surface area contributed by atoms with Crippen LogP contribution in [0.15, 0.2) is 17.4 Å². The Morgan fingerprint density at radius 1 is 1.50 bits per heavy atom. The summed E-state index contributed by atoms with van der Waals surface area (Å²) in [6.07, 6.45) is 7.42. The highest BCUT2D eigenvalue weighted by Crippen LogP contribution is 2.16. The van der Waals surface area contributed by atoms with Gasteiger partial charge in [0.2, 0.25) is 0 Å². The molecular formula is C11H17N3O2. The molecule has 0 aromatic heterocycles. The van der Waals surface area contributed by atoms with E-state index < -0.39 is 0 Å². The molecule has 16 heavy (non-hydrogen) atoms. The van der Waals surface area contributed by atoms with Crippen LogP contribution in [0.5, 0.6) is 0 Å². The predicted molar refractivity (Wildman–Crippen MR) is 61.1 cm³/mol. The van der Waals surface area contributed by atoms with Crippen LogP contribution in [0.1, 0.15) is 19.8 Å². The molecule has 0 bridgehead atoms. The number of rotatable bonds is 1. The lowest BCUT2D eigenvalue weighted by Gasteiger charge is -2.28. The molecule has 1 amide bonds. The maximum Gasteiger partial charge on any atom is 0.413 e. The van der Waals surface area contributed by atoms with E-state index in [4.69, 9.17) is 4.74 Å². The number of hydrogen-bond acceptors (Lipinski definition) is 4. The Kier molecular flexibility index (Phi) is 3.44. The summed E-state index contributed by atoms with van der Waals surface area (Å²) in [6, 6.07) is 0. The van der Waals surface area contributed by atoms with Gasteiger partial charge in [-0.05, 0) is 13.3 Å². The molecule has 1 atom stereocenters. The first kappa shape index (κ1) is 11.0. The number of hydrogen-bond donors (Lipinski definition) is 0. The van der Waals surface area contributed by atoms with E-state index in [2.05, 4.69) is 9.89 Å². The van der Waals surface area contributed by atoms with Crippen molar-refractivity contribution in [2.45, 2.75) is 25.9 Å². The van der Waals surface area contributed by atoms with Gasteiger partial charge < -0.3 is 9.64 Å². The minimum absolute atomic E-state index is 0.185. The molecular weight excluding hydrogens is 206 g/mol. The van der Waals surface area contributed by atoms with Crippen LogP contribution in [0.3, 0.4) is 0 Å². The van der Waals surface area contributed by atoms with E-state index in [1.807, 2.05) is 19.3 Å². The van der Waals surface area contributed by atoms with Crippen molar-refractivity contribution in [3.8, 4) is 0 Å². The summed E-state index contributed by atoms with van der Waals surface area (Å²) >= 11 is 0. The van der Waals surface area contributed by atoms with Gasteiger partial charge in [0.1, 0.15) is 6.17 Å². The normalized spacial score (nSPS) is 23.9. The van der Waals surface area contributed by atoms with Crippen LogP contribution in [0.4, 0.5) is 4.79 Å². The maximum atomic E-state index is 11.6. The third-order valence-electron chi connectivity index (χ3n) is 2.75. The van der Waals surface area contributed by atoms with Crippen molar-refractivity contribution >= 4 is 12.3 Å². The van der Waals surface area contributed by atoms with Gasteiger partial charge in [0.05, 0.1) is 6.61 Å². The van der Waals surface area contributed by atoms with Crippen LogP contribution in [0, 0.1) is 0 Å². The largest absolute Gasteiger partial charge is 0.449 e. The molecule has 0 aromatic carbocycles. The molecule has 0 aliphatic carbocycles. The lowest BCUT2D eigenvalue weighted by molar-refractivity contribution is 0.121. The molecule has 88 valence electrons. The van der Waals surface area contributed by atoms with Gasteiger partial charge in [-0.3, -0.25) is 9.89 Å². The van der Waals surface area contributed by atoms with Crippen LogP contribution in [0.25, 0.3) is 0 Å². The SMILES string of the molecule is CCOC(=O)N1C=CN2CCC=NC2CC1. The van der Waals surface area contributed by atoms with Crippen LogP contribution >= 0.6 is 0 Å². The molecule has 0 saturated heterocycles. The first-order valence-electron chi connectivity index (χ1n) is 5.70. The minimum Gasteiger partial charge on any atom is -0.449 e. The smallest absolute Gasteiger partial charge is 0.413 e. The second-order valence-corrected chi connectivity index (χ2v) is 3.82. The molecule has 0 aromatic rings. The Morgan fingerprint density at radius 2 is 2.38 bits per heavy atom. The zero-order chi connectivity index (χ0) is 11.4. The third-order valence-corrected chi connectivity index (χ3v) is 2.75. The van der Waals surface area contributed by atoms with Crippen molar-refractivity contribution in [3.63, 3.8) is 0 Å². The zero-order valence-electron chi connectivity index (χ0n) is 9.50. The van der Waals surface area contributed by atoms with E-state index in [0.29, 0.717) is 13.2 Å². The lowest BCUT2D eigenvalue weighted by Crippen LogP contribution is -2.34. The average molecular weight is 223 g/mol. The summed E-state index contributed by atoms with van der Waals surface area (Å²) in [4.78, 5) is 19.7. The fraction of sp³-hybridized carbons (Fsp3) is 0.636. The van der Waals surface area contributed by atoms with Crippen LogP contribution in [0.2, 0.25) is 0 Å². The van der Waals surface area contributed by atoms with E-state index in [9.17, 15) is 4.79 Å². The zero-order valence-corrected chi connectivity index (χ0v) is 9.50. The summed E-state index contributed by atoms with van der Waals surface area (Å²) in [7, 11) is 0. The van der Waals surface area contributed by atoms with Gasteiger partial charge in [0.25, 0.3) is 0 Å². The van der Waals surface area contributed by atoms with Gasteiger partial charge in [0, 0.05) is 38.1 Å². The van der Waals surface area contributed by atoms with Crippen molar-refractivity contribution in [3.05, 3.63) is 12.4 Å².